The van der Waals surface area contributed by atoms with Gasteiger partial charge in [0, 0.05) is 49.6 Å². The minimum Gasteiger partial charge on any atom is -0.504 e. The molecule has 0 bridgehead atoms. The first-order chi connectivity index (χ1) is 27.7. The van der Waals surface area contributed by atoms with Gasteiger partial charge in [-0.2, -0.15) is 42.6 Å². The third-order valence-electron chi connectivity index (χ3n) is 12.7. The summed E-state index contributed by atoms with van der Waals surface area (Å²) in [4.78, 5) is 9.59. The molecule has 0 fully saturated rings. The van der Waals surface area contributed by atoms with Gasteiger partial charge in [0.2, 0.25) is 0 Å². The summed E-state index contributed by atoms with van der Waals surface area (Å²) < 4.78 is 2.32. The summed E-state index contributed by atoms with van der Waals surface area (Å²) in [7, 11) is 2.14. The molecule has 0 spiro atoms. The Morgan fingerprint density at radius 3 is 1.92 bits per heavy atom. The molecule has 0 radical (unpaired) electrons. The fraction of sp³-hybridized carbons (Fsp3) is 0.222. The van der Waals surface area contributed by atoms with Crippen molar-refractivity contribution in [3.05, 3.63) is 191 Å². The smallest absolute Gasteiger partial charge is 0.135 e. The number of benzene rings is 6. The molecule has 0 unspecified atom stereocenters. The van der Waals surface area contributed by atoms with Gasteiger partial charge < -0.3 is 14.4 Å². The summed E-state index contributed by atoms with van der Waals surface area (Å²) in [5.41, 5.74) is 16.8. The van der Waals surface area contributed by atoms with Crippen LogP contribution in [0.3, 0.4) is 0 Å². The van der Waals surface area contributed by atoms with E-state index in [1.165, 1.54) is 61.3 Å². The Balaban J connectivity index is 0.00000449. The van der Waals surface area contributed by atoms with Gasteiger partial charge in [0.25, 0.3) is 0 Å². The van der Waals surface area contributed by atoms with Crippen LogP contribution in [0.1, 0.15) is 86.1 Å². The molecule has 59 heavy (non-hydrogen) atoms. The Hall–Kier alpha value is -5.44. The molecule has 1 aliphatic carbocycles. The minimum atomic E-state index is -0.725. The van der Waals surface area contributed by atoms with Crippen LogP contribution in [0.2, 0.25) is 0 Å². The average molecular weight is 949 g/mol. The molecule has 0 N–H and O–H groups in total. The SMILES string of the molecule is Cc1cc2c(cc1C)N(c1[c-]c(C3(c4[c-]c5c(cc4)c4ccccc4n5-c4cc(C(C)(C)C)ccn4)c4ccccc4-c4ccccc43)cc(C(C)(C)C)c1)[CH-]N2C.[Pt]. The van der Waals surface area contributed by atoms with Crippen molar-refractivity contribution < 1.29 is 21.1 Å². The van der Waals surface area contributed by atoms with Crippen LogP contribution in [-0.2, 0) is 37.3 Å². The topological polar surface area (TPSA) is 24.3 Å². The second-order valence-electron chi connectivity index (χ2n) is 18.4. The quantitative estimate of drug-likeness (QED) is 0.164. The third kappa shape index (κ3) is 5.93. The minimum absolute atomic E-state index is 0. The van der Waals surface area contributed by atoms with Crippen molar-refractivity contribution in [2.24, 2.45) is 0 Å². The van der Waals surface area contributed by atoms with Crippen LogP contribution in [0, 0.1) is 32.6 Å². The number of para-hydroxylation sites is 1. The maximum atomic E-state index is 5.02. The summed E-state index contributed by atoms with van der Waals surface area (Å²) in [5.74, 6) is 0.898. The molecule has 4 nitrogen and oxygen atoms in total. The number of pyridine rings is 1. The number of hydrogen-bond donors (Lipinski definition) is 0. The van der Waals surface area contributed by atoms with E-state index in [0.29, 0.717) is 0 Å². The summed E-state index contributed by atoms with van der Waals surface area (Å²) in [6, 6.07) is 53.3. The van der Waals surface area contributed by atoms with Crippen LogP contribution in [-0.4, -0.2) is 16.6 Å². The van der Waals surface area contributed by atoms with Gasteiger partial charge in [0.1, 0.15) is 5.82 Å². The fourth-order valence-corrected chi connectivity index (χ4v) is 9.39. The Bertz CT molecular complexity index is 2910. The number of anilines is 3. The van der Waals surface area contributed by atoms with Crippen LogP contribution >= 0.6 is 0 Å². The molecular formula is C54H49N4Pt-3. The van der Waals surface area contributed by atoms with Gasteiger partial charge in [-0.3, -0.25) is 0 Å². The van der Waals surface area contributed by atoms with E-state index in [2.05, 4.69) is 217 Å². The molecule has 0 atom stereocenters. The van der Waals surface area contributed by atoms with Gasteiger partial charge in [0.05, 0.1) is 0 Å². The van der Waals surface area contributed by atoms with E-state index in [9.17, 15) is 0 Å². The molecular weight excluding hydrogens is 900 g/mol. The van der Waals surface area contributed by atoms with Gasteiger partial charge in [-0.25, -0.2) is 4.98 Å². The van der Waals surface area contributed by atoms with Gasteiger partial charge in [0.15, 0.2) is 0 Å². The molecule has 0 saturated carbocycles. The second-order valence-corrected chi connectivity index (χ2v) is 18.4. The van der Waals surface area contributed by atoms with Gasteiger partial charge in [-0.05, 0) is 106 Å². The number of aryl methyl sites for hydroxylation is 2. The van der Waals surface area contributed by atoms with Crippen LogP contribution in [0.5, 0.6) is 0 Å². The fourth-order valence-electron chi connectivity index (χ4n) is 9.39. The Kier molecular flexibility index (Phi) is 9.14. The summed E-state index contributed by atoms with van der Waals surface area (Å²) >= 11 is 0. The largest absolute Gasteiger partial charge is 0.504 e. The molecule has 2 aliphatic rings. The van der Waals surface area contributed by atoms with E-state index in [-0.39, 0.29) is 31.9 Å². The molecule has 2 aromatic heterocycles. The van der Waals surface area contributed by atoms with Gasteiger partial charge >= 0.3 is 0 Å². The van der Waals surface area contributed by atoms with Gasteiger partial charge in [-0.15, -0.1) is 28.3 Å². The van der Waals surface area contributed by atoms with E-state index in [1.54, 1.807) is 0 Å². The van der Waals surface area contributed by atoms with Crippen molar-refractivity contribution >= 4 is 38.9 Å². The number of hydrogen-bond acceptors (Lipinski definition) is 3. The molecule has 3 heterocycles. The first kappa shape index (κ1) is 39.0. The summed E-state index contributed by atoms with van der Waals surface area (Å²) in [6.07, 6.45) is 1.95. The van der Waals surface area contributed by atoms with Crippen molar-refractivity contribution in [2.45, 2.75) is 71.6 Å². The molecule has 1 aliphatic heterocycles. The molecule has 5 heteroatoms. The number of rotatable bonds is 4. The molecule has 10 rings (SSSR count). The first-order valence-electron chi connectivity index (χ1n) is 20.4. The predicted octanol–water partition coefficient (Wildman–Crippen LogP) is 13.1. The zero-order valence-corrected chi connectivity index (χ0v) is 37.6. The van der Waals surface area contributed by atoms with E-state index in [4.69, 9.17) is 4.98 Å². The molecule has 0 saturated heterocycles. The third-order valence-corrected chi connectivity index (χ3v) is 12.7. The number of aromatic nitrogens is 2. The summed E-state index contributed by atoms with van der Waals surface area (Å²) in [6.45, 7) is 20.3. The molecule has 298 valence electrons. The number of nitrogens with zero attached hydrogens (tertiary/aromatic N) is 4. The normalized spacial score (nSPS) is 14.4. The summed E-state index contributed by atoms with van der Waals surface area (Å²) in [5, 5.41) is 2.34. The van der Waals surface area contributed by atoms with E-state index < -0.39 is 5.41 Å². The second kappa shape index (κ2) is 13.8. The van der Waals surface area contributed by atoms with Crippen molar-refractivity contribution in [3.8, 4) is 16.9 Å². The molecule has 6 aromatic carbocycles. The first-order valence-corrected chi connectivity index (χ1v) is 20.4. The van der Waals surface area contributed by atoms with Crippen LogP contribution in [0.4, 0.5) is 17.1 Å². The van der Waals surface area contributed by atoms with Crippen molar-refractivity contribution in [1.29, 1.82) is 0 Å². The van der Waals surface area contributed by atoms with Crippen molar-refractivity contribution in [1.82, 2.24) is 9.55 Å². The van der Waals surface area contributed by atoms with Crippen molar-refractivity contribution in [2.75, 3.05) is 16.8 Å². The Morgan fingerprint density at radius 2 is 1.24 bits per heavy atom. The molecule has 0 amide bonds. The Morgan fingerprint density at radius 1 is 0.610 bits per heavy atom. The number of fused-ring (bicyclic) bond motifs is 7. The molecule has 8 aromatic rings. The maximum Gasteiger partial charge on any atom is 0.135 e. The Labute approximate surface area is 363 Å². The average Bonchev–Trinajstić information content (AvgIpc) is 3.82. The van der Waals surface area contributed by atoms with Crippen LogP contribution in [0.25, 0.3) is 38.8 Å². The van der Waals surface area contributed by atoms with Crippen LogP contribution in [0.15, 0.2) is 128 Å². The monoisotopic (exact) mass is 948 g/mol. The van der Waals surface area contributed by atoms with Crippen LogP contribution < -0.4 is 9.80 Å². The van der Waals surface area contributed by atoms with E-state index in [1.807, 2.05) is 6.20 Å². The standard InChI is InChI=1S/C54H49N4.Pt/c1-34-26-49-50(27-35(34)2)57(33-56(49)9)40-29-38(53(6,7)8)28-39(30-40)54(45-19-13-10-16-41(45)42-17-11-14-20-46(42)54)37-22-23-44-43-18-12-15-21-47(43)58(48(44)31-37)51-32-36(24-25-55-51)52(3,4)5;/h10-29,32-33H,1-9H3;/q-3;. The zero-order valence-electron chi connectivity index (χ0n) is 35.3. The predicted molar refractivity (Wildman–Crippen MR) is 242 cm³/mol. The zero-order chi connectivity index (χ0) is 40.3. The maximum absolute atomic E-state index is 5.02. The van der Waals surface area contributed by atoms with E-state index in [0.717, 1.165) is 39.1 Å². The van der Waals surface area contributed by atoms with Gasteiger partial charge in [-0.1, -0.05) is 114 Å². The van der Waals surface area contributed by atoms with E-state index >= 15 is 0 Å². The van der Waals surface area contributed by atoms with Crippen molar-refractivity contribution in [3.63, 3.8) is 0 Å².